The summed E-state index contributed by atoms with van der Waals surface area (Å²) in [4.78, 5) is 18.2. The molecule has 1 aliphatic heterocycles. The molecule has 2 atom stereocenters. The fourth-order valence-corrected chi connectivity index (χ4v) is 4.97. The van der Waals surface area contributed by atoms with Gasteiger partial charge in [-0.25, -0.2) is 0 Å². The van der Waals surface area contributed by atoms with Crippen LogP contribution in [0, 0.1) is 0 Å². The molecule has 1 saturated heterocycles. The van der Waals surface area contributed by atoms with Gasteiger partial charge in [0, 0.05) is 26.2 Å². The SMILES string of the molecule is C[C@H](Oc1ccc(C(C(=O)C2(O)CCCCC2)N2CCN(C)CC2)cc1)c1ccccc1. The van der Waals surface area contributed by atoms with Crippen LogP contribution in [0.2, 0.25) is 0 Å². The number of benzene rings is 2. The van der Waals surface area contributed by atoms with Crippen molar-refractivity contribution < 1.29 is 14.6 Å². The molecular weight excluding hydrogens is 400 g/mol. The maximum atomic E-state index is 13.7. The Bertz CT molecular complexity index is 870. The molecular formula is C27H36N2O3. The van der Waals surface area contributed by atoms with Gasteiger partial charge in [0.2, 0.25) is 0 Å². The first-order valence-corrected chi connectivity index (χ1v) is 12.0. The molecule has 1 saturated carbocycles. The van der Waals surface area contributed by atoms with Crippen molar-refractivity contribution in [3.8, 4) is 5.75 Å². The van der Waals surface area contributed by atoms with E-state index in [4.69, 9.17) is 4.74 Å². The molecule has 2 aliphatic rings. The summed E-state index contributed by atoms with van der Waals surface area (Å²) in [7, 11) is 2.11. The Balaban J connectivity index is 1.54. The highest BCUT2D eigenvalue weighted by atomic mass is 16.5. The number of ketones is 1. The number of carbonyl (C=O) groups is 1. The van der Waals surface area contributed by atoms with Crippen LogP contribution >= 0.6 is 0 Å². The molecule has 2 fully saturated rings. The van der Waals surface area contributed by atoms with Gasteiger partial charge in [-0.3, -0.25) is 9.69 Å². The number of carbonyl (C=O) groups excluding carboxylic acids is 1. The fourth-order valence-electron chi connectivity index (χ4n) is 4.97. The van der Waals surface area contributed by atoms with Crippen LogP contribution in [0.15, 0.2) is 54.6 Å². The zero-order valence-electron chi connectivity index (χ0n) is 19.4. The molecule has 32 heavy (non-hydrogen) atoms. The first-order chi connectivity index (χ1) is 15.5. The second kappa shape index (κ2) is 10.2. The topological polar surface area (TPSA) is 53.0 Å². The van der Waals surface area contributed by atoms with Crippen LogP contribution in [0.3, 0.4) is 0 Å². The van der Waals surface area contributed by atoms with Gasteiger partial charge in [0.25, 0.3) is 0 Å². The van der Waals surface area contributed by atoms with E-state index < -0.39 is 11.6 Å². The first kappa shape index (κ1) is 23.0. The molecule has 4 rings (SSSR count). The molecule has 1 unspecified atom stereocenters. The van der Waals surface area contributed by atoms with Crippen LogP contribution in [0.4, 0.5) is 0 Å². The van der Waals surface area contributed by atoms with Gasteiger partial charge >= 0.3 is 0 Å². The molecule has 0 aromatic heterocycles. The standard InChI is InChI=1S/C27H36N2O3/c1-21(22-9-5-3-6-10-22)32-24-13-11-23(12-14-24)25(29-19-17-28(2)18-20-29)26(30)27(31)15-7-4-8-16-27/h3,5-6,9-14,21,25,31H,4,7-8,15-20H2,1-2H3/t21-,25?/m0/s1. The maximum Gasteiger partial charge on any atom is 0.185 e. The van der Waals surface area contributed by atoms with E-state index in [2.05, 4.69) is 29.0 Å². The van der Waals surface area contributed by atoms with Crippen molar-refractivity contribution in [2.75, 3.05) is 33.2 Å². The van der Waals surface area contributed by atoms with Crippen molar-refractivity contribution in [1.29, 1.82) is 0 Å². The van der Waals surface area contributed by atoms with E-state index in [-0.39, 0.29) is 11.9 Å². The maximum absolute atomic E-state index is 13.7. The third kappa shape index (κ3) is 5.22. The molecule has 2 aromatic carbocycles. The highest BCUT2D eigenvalue weighted by Gasteiger charge is 2.43. The highest BCUT2D eigenvalue weighted by molar-refractivity contribution is 5.92. The second-order valence-corrected chi connectivity index (χ2v) is 9.44. The van der Waals surface area contributed by atoms with Gasteiger partial charge < -0.3 is 14.7 Å². The summed E-state index contributed by atoms with van der Waals surface area (Å²) in [5, 5.41) is 11.2. The Morgan fingerprint density at radius 1 is 0.906 bits per heavy atom. The Labute approximate surface area is 192 Å². The summed E-state index contributed by atoms with van der Waals surface area (Å²) in [5.41, 5.74) is 0.864. The predicted octanol–water partition coefficient (Wildman–Crippen LogP) is 4.38. The summed E-state index contributed by atoms with van der Waals surface area (Å²) in [5.74, 6) is 0.749. The van der Waals surface area contributed by atoms with Crippen molar-refractivity contribution in [1.82, 2.24) is 9.80 Å². The van der Waals surface area contributed by atoms with E-state index in [1.165, 1.54) is 0 Å². The molecule has 1 aliphatic carbocycles. The number of nitrogens with zero attached hydrogens (tertiary/aromatic N) is 2. The van der Waals surface area contributed by atoms with E-state index in [9.17, 15) is 9.90 Å². The largest absolute Gasteiger partial charge is 0.486 e. The van der Waals surface area contributed by atoms with E-state index in [0.29, 0.717) is 12.8 Å². The minimum atomic E-state index is -1.21. The highest BCUT2D eigenvalue weighted by Crippen LogP contribution is 2.36. The minimum Gasteiger partial charge on any atom is -0.486 e. The zero-order chi connectivity index (χ0) is 22.6. The smallest absolute Gasteiger partial charge is 0.185 e. The van der Waals surface area contributed by atoms with Crippen molar-refractivity contribution >= 4 is 5.78 Å². The minimum absolute atomic E-state index is 0.0342. The molecule has 0 bridgehead atoms. The average Bonchev–Trinajstić information content (AvgIpc) is 2.82. The van der Waals surface area contributed by atoms with Crippen LogP contribution < -0.4 is 4.74 Å². The number of aliphatic hydroxyl groups is 1. The van der Waals surface area contributed by atoms with Gasteiger partial charge in [0.05, 0.1) is 6.04 Å². The monoisotopic (exact) mass is 436 g/mol. The summed E-state index contributed by atoms with van der Waals surface area (Å²) in [6, 6.07) is 17.7. The number of Topliss-reactive ketones (excluding diaryl/α,β-unsaturated/α-hetero) is 1. The Kier molecular flexibility index (Phi) is 7.29. The van der Waals surface area contributed by atoms with E-state index in [1.54, 1.807) is 0 Å². The van der Waals surface area contributed by atoms with Crippen molar-refractivity contribution in [3.05, 3.63) is 65.7 Å². The molecule has 1 heterocycles. The Morgan fingerprint density at radius 3 is 2.16 bits per heavy atom. The van der Waals surface area contributed by atoms with Crippen molar-refractivity contribution in [2.45, 2.75) is 56.8 Å². The van der Waals surface area contributed by atoms with Gasteiger partial charge in [0.15, 0.2) is 5.78 Å². The van der Waals surface area contributed by atoms with Crippen LogP contribution in [-0.4, -0.2) is 59.5 Å². The third-order valence-electron chi connectivity index (χ3n) is 7.07. The van der Waals surface area contributed by atoms with Crippen LogP contribution in [0.25, 0.3) is 0 Å². The molecule has 5 heteroatoms. The van der Waals surface area contributed by atoms with Crippen LogP contribution in [0.1, 0.15) is 62.3 Å². The number of rotatable bonds is 7. The fraction of sp³-hybridized carbons (Fsp3) is 0.519. The summed E-state index contributed by atoms with van der Waals surface area (Å²) < 4.78 is 6.14. The predicted molar refractivity (Wildman–Crippen MR) is 127 cm³/mol. The third-order valence-corrected chi connectivity index (χ3v) is 7.07. The molecule has 5 nitrogen and oxygen atoms in total. The number of likely N-dealkylation sites (N-methyl/N-ethyl adjacent to an activating group) is 1. The number of ether oxygens (including phenoxy) is 1. The van der Waals surface area contributed by atoms with E-state index >= 15 is 0 Å². The van der Waals surface area contributed by atoms with Crippen molar-refractivity contribution in [2.24, 2.45) is 0 Å². The summed E-state index contributed by atoms with van der Waals surface area (Å²) in [6.45, 7) is 5.55. The van der Waals surface area contributed by atoms with Gasteiger partial charge in [0.1, 0.15) is 17.5 Å². The van der Waals surface area contributed by atoms with Crippen LogP contribution in [0.5, 0.6) is 5.75 Å². The molecule has 1 N–H and O–H groups in total. The zero-order valence-corrected chi connectivity index (χ0v) is 19.4. The molecule has 2 aromatic rings. The van der Waals surface area contributed by atoms with Crippen molar-refractivity contribution in [3.63, 3.8) is 0 Å². The van der Waals surface area contributed by atoms with Gasteiger partial charge in [-0.2, -0.15) is 0 Å². The molecule has 172 valence electrons. The lowest BCUT2D eigenvalue weighted by atomic mass is 9.77. The number of piperazine rings is 1. The lowest BCUT2D eigenvalue weighted by Gasteiger charge is -2.41. The van der Waals surface area contributed by atoms with Gasteiger partial charge in [-0.05, 0) is 50.1 Å². The van der Waals surface area contributed by atoms with Crippen LogP contribution in [-0.2, 0) is 4.79 Å². The molecule has 0 spiro atoms. The Morgan fingerprint density at radius 2 is 1.53 bits per heavy atom. The molecule has 0 radical (unpaired) electrons. The lowest BCUT2D eigenvalue weighted by Crippen LogP contribution is -2.53. The quantitative estimate of drug-likeness (QED) is 0.698. The second-order valence-electron chi connectivity index (χ2n) is 9.44. The summed E-state index contributed by atoms with van der Waals surface area (Å²) in [6.07, 6.45) is 4.03. The van der Waals surface area contributed by atoms with E-state index in [1.807, 2.05) is 49.4 Å². The number of hydrogen-bond donors (Lipinski definition) is 1. The first-order valence-electron chi connectivity index (χ1n) is 12.0. The van der Waals surface area contributed by atoms with Gasteiger partial charge in [-0.1, -0.05) is 61.7 Å². The summed E-state index contributed by atoms with van der Waals surface area (Å²) >= 11 is 0. The van der Waals surface area contributed by atoms with E-state index in [0.717, 1.165) is 62.3 Å². The Hall–Kier alpha value is -2.21. The molecule has 0 amide bonds. The van der Waals surface area contributed by atoms with Gasteiger partial charge in [-0.15, -0.1) is 0 Å². The number of hydrogen-bond acceptors (Lipinski definition) is 5. The average molecular weight is 437 g/mol. The normalized spacial score (nSPS) is 21.6. The lowest BCUT2D eigenvalue weighted by molar-refractivity contribution is -0.147.